The van der Waals surface area contributed by atoms with E-state index in [0.29, 0.717) is 24.1 Å². The maximum atomic E-state index is 8.67. The molecular formula is C12H18N4O2. The lowest BCUT2D eigenvalue weighted by Gasteiger charge is -2.16. The van der Waals surface area contributed by atoms with E-state index in [0.717, 1.165) is 6.54 Å². The second-order valence-electron chi connectivity index (χ2n) is 4.40. The van der Waals surface area contributed by atoms with Crippen LogP contribution in [0.2, 0.25) is 0 Å². The molecule has 0 spiro atoms. The van der Waals surface area contributed by atoms with Gasteiger partial charge in [-0.15, -0.1) is 0 Å². The largest absolute Gasteiger partial charge is 0.490 e. The van der Waals surface area contributed by atoms with Crippen molar-refractivity contribution in [2.45, 2.75) is 18.9 Å². The summed E-state index contributed by atoms with van der Waals surface area (Å²) in [6, 6.07) is 4.23. The molecule has 6 nitrogen and oxygen atoms in total. The molecule has 0 bridgehead atoms. The summed E-state index contributed by atoms with van der Waals surface area (Å²) in [7, 11) is 2.09. The summed E-state index contributed by atoms with van der Waals surface area (Å²) >= 11 is 0. The van der Waals surface area contributed by atoms with E-state index in [9.17, 15) is 0 Å². The first-order valence-electron chi connectivity index (χ1n) is 5.98. The molecule has 0 unspecified atom stereocenters. The summed E-state index contributed by atoms with van der Waals surface area (Å²) in [4.78, 5) is 6.32. The van der Waals surface area contributed by atoms with Crippen molar-refractivity contribution in [2.24, 2.45) is 10.9 Å². The summed E-state index contributed by atoms with van der Waals surface area (Å²) in [5, 5.41) is 11.6. The second kappa shape index (κ2) is 5.68. The molecule has 1 aliphatic carbocycles. The summed E-state index contributed by atoms with van der Waals surface area (Å²) < 4.78 is 5.63. The number of ether oxygens (including phenoxy) is 1. The van der Waals surface area contributed by atoms with Crippen LogP contribution in [0, 0.1) is 0 Å². The Morgan fingerprint density at radius 2 is 2.44 bits per heavy atom. The van der Waals surface area contributed by atoms with Crippen LogP contribution in [0.15, 0.2) is 23.5 Å². The highest BCUT2D eigenvalue weighted by Crippen LogP contribution is 2.25. The normalized spacial score (nSPS) is 16.0. The SMILES string of the molecule is CN(CCOc1cccnc1/C(N)=N/O)C1CC1. The van der Waals surface area contributed by atoms with Gasteiger partial charge in [0.05, 0.1) is 0 Å². The van der Waals surface area contributed by atoms with E-state index in [-0.39, 0.29) is 5.84 Å². The van der Waals surface area contributed by atoms with Crippen LogP contribution in [0.25, 0.3) is 0 Å². The number of pyridine rings is 1. The van der Waals surface area contributed by atoms with Gasteiger partial charge in [0.25, 0.3) is 0 Å². The minimum Gasteiger partial charge on any atom is -0.490 e. The van der Waals surface area contributed by atoms with Crippen LogP contribution in [-0.2, 0) is 0 Å². The number of aromatic nitrogens is 1. The van der Waals surface area contributed by atoms with Crippen molar-refractivity contribution in [2.75, 3.05) is 20.2 Å². The average Bonchev–Trinajstić information content (AvgIpc) is 3.22. The van der Waals surface area contributed by atoms with Crippen LogP contribution < -0.4 is 10.5 Å². The fourth-order valence-electron chi connectivity index (χ4n) is 1.74. The van der Waals surface area contributed by atoms with Crippen LogP contribution in [0.3, 0.4) is 0 Å². The van der Waals surface area contributed by atoms with Crippen LogP contribution in [-0.4, -0.2) is 47.2 Å². The molecule has 18 heavy (non-hydrogen) atoms. The number of nitrogens with two attached hydrogens (primary N) is 1. The maximum absolute atomic E-state index is 8.67. The molecule has 1 heterocycles. The Kier molecular flexibility index (Phi) is 3.99. The van der Waals surface area contributed by atoms with Gasteiger partial charge in [-0.25, -0.2) is 4.98 Å². The molecule has 3 N–H and O–H groups in total. The van der Waals surface area contributed by atoms with Crippen molar-refractivity contribution in [1.82, 2.24) is 9.88 Å². The summed E-state index contributed by atoms with van der Waals surface area (Å²) in [6.07, 6.45) is 4.13. The zero-order chi connectivity index (χ0) is 13.0. The van der Waals surface area contributed by atoms with Crippen molar-refractivity contribution in [3.63, 3.8) is 0 Å². The first-order valence-corrected chi connectivity index (χ1v) is 5.98. The zero-order valence-corrected chi connectivity index (χ0v) is 10.4. The van der Waals surface area contributed by atoms with Crippen molar-refractivity contribution < 1.29 is 9.94 Å². The Morgan fingerprint density at radius 3 is 3.11 bits per heavy atom. The van der Waals surface area contributed by atoms with E-state index in [1.54, 1.807) is 18.3 Å². The number of oxime groups is 1. The Balaban J connectivity index is 1.91. The Hall–Kier alpha value is -1.82. The molecule has 2 rings (SSSR count). The highest BCUT2D eigenvalue weighted by Gasteiger charge is 2.25. The molecule has 0 radical (unpaired) electrons. The molecule has 1 fully saturated rings. The number of hydrogen-bond acceptors (Lipinski definition) is 5. The number of hydrogen-bond donors (Lipinski definition) is 2. The van der Waals surface area contributed by atoms with E-state index in [1.807, 2.05) is 0 Å². The first-order chi connectivity index (χ1) is 8.72. The van der Waals surface area contributed by atoms with Crippen molar-refractivity contribution in [3.05, 3.63) is 24.0 Å². The molecule has 98 valence electrons. The molecule has 0 amide bonds. The van der Waals surface area contributed by atoms with Crippen LogP contribution in [0.1, 0.15) is 18.5 Å². The Morgan fingerprint density at radius 1 is 1.67 bits per heavy atom. The average molecular weight is 250 g/mol. The van der Waals surface area contributed by atoms with Crippen LogP contribution >= 0.6 is 0 Å². The standard InChI is InChI=1S/C12H18N4O2/c1-16(9-4-5-9)7-8-18-10-3-2-6-14-11(10)12(13)15-17/h2-3,6,9,17H,4-5,7-8H2,1H3,(H2,13,15). The predicted molar refractivity (Wildman–Crippen MR) is 67.9 cm³/mol. The van der Waals surface area contributed by atoms with Gasteiger partial charge in [-0.3, -0.25) is 0 Å². The molecule has 0 atom stereocenters. The second-order valence-corrected chi connectivity index (χ2v) is 4.40. The number of rotatable bonds is 6. The van der Waals surface area contributed by atoms with Crippen molar-refractivity contribution in [3.8, 4) is 5.75 Å². The van der Waals surface area contributed by atoms with E-state index < -0.39 is 0 Å². The van der Waals surface area contributed by atoms with E-state index >= 15 is 0 Å². The van der Waals surface area contributed by atoms with Gasteiger partial charge in [0.1, 0.15) is 12.4 Å². The van der Waals surface area contributed by atoms with Gasteiger partial charge in [0, 0.05) is 18.8 Å². The van der Waals surface area contributed by atoms with Gasteiger partial charge < -0.3 is 20.6 Å². The number of amidine groups is 1. The lowest BCUT2D eigenvalue weighted by Crippen LogP contribution is -2.26. The fraction of sp³-hybridized carbons (Fsp3) is 0.500. The predicted octanol–water partition coefficient (Wildman–Crippen LogP) is 0.649. The van der Waals surface area contributed by atoms with E-state index in [1.165, 1.54) is 12.8 Å². The van der Waals surface area contributed by atoms with Gasteiger partial charge in [0.15, 0.2) is 11.5 Å². The van der Waals surface area contributed by atoms with Crippen LogP contribution in [0.5, 0.6) is 5.75 Å². The van der Waals surface area contributed by atoms with Gasteiger partial charge >= 0.3 is 0 Å². The number of likely N-dealkylation sites (N-methyl/N-ethyl adjacent to an activating group) is 1. The lowest BCUT2D eigenvalue weighted by molar-refractivity contribution is 0.231. The summed E-state index contributed by atoms with van der Waals surface area (Å²) in [5.74, 6) is 0.498. The monoisotopic (exact) mass is 250 g/mol. The quantitative estimate of drug-likeness (QED) is 0.335. The molecule has 0 aliphatic heterocycles. The topological polar surface area (TPSA) is 84.0 Å². The van der Waals surface area contributed by atoms with E-state index in [2.05, 4.69) is 22.1 Å². The molecule has 1 saturated carbocycles. The third-order valence-electron chi connectivity index (χ3n) is 2.99. The van der Waals surface area contributed by atoms with Gasteiger partial charge in [0.2, 0.25) is 0 Å². The van der Waals surface area contributed by atoms with Gasteiger partial charge in [-0.05, 0) is 32.0 Å². The third-order valence-corrected chi connectivity index (χ3v) is 2.99. The van der Waals surface area contributed by atoms with Gasteiger partial charge in [-0.1, -0.05) is 5.16 Å². The van der Waals surface area contributed by atoms with Crippen LogP contribution in [0.4, 0.5) is 0 Å². The van der Waals surface area contributed by atoms with Gasteiger partial charge in [-0.2, -0.15) is 0 Å². The number of nitrogens with zero attached hydrogens (tertiary/aromatic N) is 3. The molecule has 1 aromatic rings. The highest BCUT2D eigenvalue weighted by molar-refractivity contribution is 5.97. The fourth-order valence-corrected chi connectivity index (χ4v) is 1.74. The molecule has 6 heteroatoms. The van der Waals surface area contributed by atoms with Crippen molar-refractivity contribution >= 4 is 5.84 Å². The Bertz CT molecular complexity index is 432. The molecule has 0 saturated heterocycles. The molecular weight excluding hydrogens is 232 g/mol. The highest BCUT2D eigenvalue weighted by atomic mass is 16.5. The molecule has 1 aliphatic rings. The Labute approximate surface area is 106 Å². The molecule has 1 aromatic heterocycles. The first kappa shape index (κ1) is 12.6. The summed E-state index contributed by atoms with van der Waals surface area (Å²) in [6.45, 7) is 1.42. The smallest absolute Gasteiger partial charge is 0.192 e. The zero-order valence-electron chi connectivity index (χ0n) is 10.4. The minimum absolute atomic E-state index is 0.0406. The minimum atomic E-state index is -0.0406. The lowest BCUT2D eigenvalue weighted by atomic mass is 10.3. The summed E-state index contributed by atoms with van der Waals surface area (Å²) in [5.41, 5.74) is 5.90. The molecule has 0 aromatic carbocycles. The maximum Gasteiger partial charge on any atom is 0.192 e. The van der Waals surface area contributed by atoms with E-state index in [4.69, 9.17) is 15.7 Å². The van der Waals surface area contributed by atoms with Crippen molar-refractivity contribution in [1.29, 1.82) is 0 Å². The third kappa shape index (κ3) is 3.10.